The predicted molar refractivity (Wildman–Crippen MR) is 62.4 cm³/mol. The Morgan fingerprint density at radius 3 is 2.81 bits per heavy atom. The highest BCUT2D eigenvalue weighted by Gasteiger charge is 2.14. The molecule has 86 valence electrons. The van der Waals surface area contributed by atoms with E-state index in [1.54, 1.807) is 24.3 Å². The molecule has 0 bridgehead atoms. The second-order valence-corrected chi connectivity index (χ2v) is 4.08. The number of carbonyl (C=O) groups excluding carboxylic acids is 1. The van der Waals surface area contributed by atoms with Gasteiger partial charge in [-0.15, -0.1) is 0 Å². The van der Waals surface area contributed by atoms with Crippen LogP contribution in [0.25, 0.3) is 0 Å². The first-order chi connectivity index (χ1) is 7.74. The summed E-state index contributed by atoms with van der Waals surface area (Å²) in [5.41, 5.74) is 0.643. The number of anilines is 1. The van der Waals surface area contributed by atoms with Gasteiger partial charge in [0.15, 0.2) is 0 Å². The summed E-state index contributed by atoms with van der Waals surface area (Å²) < 4.78 is 0. The maximum absolute atomic E-state index is 11.6. The number of likely N-dealkylation sites (tertiary alicyclic amines) is 1. The van der Waals surface area contributed by atoms with E-state index in [0.29, 0.717) is 12.2 Å². The highest BCUT2D eigenvalue weighted by Crippen LogP contribution is 2.15. The molecule has 0 aliphatic carbocycles. The maximum atomic E-state index is 11.6. The SMILES string of the molecule is O=C(CN1CCCC1)Nc1cccc(O)c1. The van der Waals surface area contributed by atoms with Crippen LogP contribution in [0.3, 0.4) is 0 Å². The Bertz CT molecular complexity index is 373. The summed E-state index contributed by atoms with van der Waals surface area (Å²) in [5, 5.41) is 12.0. The molecule has 0 unspecified atom stereocenters. The number of nitrogens with one attached hydrogen (secondary N) is 1. The van der Waals surface area contributed by atoms with Crippen LogP contribution in [-0.2, 0) is 4.79 Å². The zero-order valence-electron chi connectivity index (χ0n) is 9.15. The van der Waals surface area contributed by atoms with Crippen molar-refractivity contribution >= 4 is 11.6 Å². The summed E-state index contributed by atoms with van der Waals surface area (Å²) in [6.45, 7) is 2.45. The minimum atomic E-state index is -0.0208. The number of amides is 1. The third-order valence-electron chi connectivity index (χ3n) is 2.70. The number of carbonyl (C=O) groups is 1. The smallest absolute Gasteiger partial charge is 0.238 e. The van der Waals surface area contributed by atoms with E-state index in [1.807, 2.05) is 0 Å². The summed E-state index contributed by atoms with van der Waals surface area (Å²) in [6.07, 6.45) is 2.36. The summed E-state index contributed by atoms with van der Waals surface area (Å²) in [5.74, 6) is 0.145. The largest absolute Gasteiger partial charge is 0.508 e. The fourth-order valence-corrected chi connectivity index (χ4v) is 1.93. The van der Waals surface area contributed by atoms with Crippen molar-refractivity contribution in [1.29, 1.82) is 0 Å². The molecule has 0 spiro atoms. The Kier molecular flexibility index (Phi) is 3.41. The maximum Gasteiger partial charge on any atom is 0.238 e. The molecule has 0 atom stereocenters. The van der Waals surface area contributed by atoms with Gasteiger partial charge in [0.1, 0.15) is 5.75 Å². The van der Waals surface area contributed by atoms with E-state index in [9.17, 15) is 9.90 Å². The van der Waals surface area contributed by atoms with Crippen LogP contribution in [0.15, 0.2) is 24.3 Å². The van der Waals surface area contributed by atoms with Crippen molar-refractivity contribution in [2.24, 2.45) is 0 Å². The van der Waals surface area contributed by atoms with Crippen LogP contribution in [-0.4, -0.2) is 35.5 Å². The van der Waals surface area contributed by atoms with Gasteiger partial charge in [0, 0.05) is 11.8 Å². The van der Waals surface area contributed by atoms with Gasteiger partial charge >= 0.3 is 0 Å². The molecule has 1 saturated heterocycles. The lowest BCUT2D eigenvalue weighted by atomic mass is 10.3. The molecule has 1 fully saturated rings. The van der Waals surface area contributed by atoms with Crippen LogP contribution < -0.4 is 5.32 Å². The number of phenols is 1. The third-order valence-corrected chi connectivity index (χ3v) is 2.70. The van der Waals surface area contributed by atoms with Crippen molar-refractivity contribution in [1.82, 2.24) is 4.90 Å². The average Bonchev–Trinajstić information content (AvgIpc) is 2.70. The number of hydrogen-bond acceptors (Lipinski definition) is 3. The van der Waals surface area contributed by atoms with E-state index in [4.69, 9.17) is 0 Å². The van der Waals surface area contributed by atoms with E-state index in [2.05, 4.69) is 10.2 Å². The molecular weight excluding hydrogens is 204 g/mol. The van der Waals surface area contributed by atoms with Gasteiger partial charge in [-0.1, -0.05) is 6.07 Å². The van der Waals surface area contributed by atoms with Gasteiger partial charge in [-0.05, 0) is 38.1 Å². The minimum Gasteiger partial charge on any atom is -0.508 e. The number of hydrogen-bond donors (Lipinski definition) is 2. The molecule has 1 aromatic rings. The predicted octanol–water partition coefficient (Wildman–Crippen LogP) is 1.43. The van der Waals surface area contributed by atoms with Crippen molar-refractivity contribution in [3.8, 4) is 5.75 Å². The third kappa shape index (κ3) is 2.97. The van der Waals surface area contributed by atoms with Gasteiger partial charge in [-0.2, -0.15) is 0 Å². The molecule has 2 rings (SSSR count). The van der Waals surface area contributed by atoms with Crippen molar-refractivity contribution in [3.05, 3.63) is 24.3 Å². The molecule has 0 saturated carbocycles. The lowest BCUT2D eigenvalue weighted by molar-refractivity contribution is -0.117. The van der Waals surface area contributed by atoms with Crippen LogP contribution in [0, 0.1) is 0 Å². The van der Waals surface area contributed by atoms with E-state index < -0.39 is 0 Å². The first kappa shape index (κ1) is 11.0. The normalized spacial score (nSPS) is 16.2. The first-order valence-corrected chi connectivity index (χ1v) is 5.55. The molecule has 1 heterocycles. The van der Waals surface area contributed by atoms with E-state index >= 15 is 0 Å². The highest BCUT2D eigenvalue weighted by atomic mass is 16.3. The van der Waals surface area contributed by atoms with Crippen molar-refractivity contribution < 1.29 is 9.90 Å². The molecule has 16 heavy (non-hydrogen) atoms. The van der Waals surface area contributed by atoms with E-state index in [0.717, 1.165) is 13.1 Å². The molecule has 1 aromatic carbocycles. The molecule has 1 aliphatic rings. The molecular formula is C12H16N2O2. The van der Waals surface area contributed by atoms with Gasteiger partial charge < -0.3 is 10.4 Å². The standard InChI is InChI=1S/C12H16N2O2/c15-11-5-3-4-10(8-11)13-12(16)9-14-6-1-2-7-14/h3-5,8,15H,1-2,6-7,9H2,(H,13,16). The van der Waals surface area contributed by atoms with Crippen LogP contribution >= 0.6 is 0 Å². The van der Waals surface area contributed by atoms with Crippen molar-refractivity contribution in [2.75, 3.05) is 25.0 Å². The number of phenolic OH excluding ortho intramolecular Hbond substituents is 1. The van der Waals surface area contributed by atoms with Crippen LogP contribution in [0.2, 0.25) is 0 Å². The van der Waals surface area contributed by atoms with Gasteiger partial charge in [-0.25, -0.2) is 0 Å². The van der Waals surface area contributed by atoms with Gasteiger partial charge in [0.25, 0.3) is 0 Å². The zero-order valence-corrected chi connectivity index (χ0v) is 9.15. The lowest BCUT2D eigenvalue weighted by Gasteiger charge is -2.14. The molecule has 4 nitrogen and oxygen atoms in total. The van der Waals surface area contributed by atoms with Gasteiger partial charge in [-0.3, -0.25) is 9.69 Å². The van der Waals surface area contributed by atoms with Crippen molar-refractivity contribution in [2.45, 2.75) is 12.8 Å². The Morgan fingerprint density at radius 1 is 1.38 bits per heavy atom. The number of rotatable bonds is 3. The topological polar surface area (TPSA) is 52.6 Å². The number of aromatic hydroxyl groups is 1. The Labute approximate surface area is 94.9 Å². The first-order valence-electron chi connectivity index (χ1n) is 5.55. The molecule has 1 amide bonds. The van der Waals surface area contributed by atoms with Gasteiger partial charge in [0.05, 0.1) is 6.54 Å². The Balaban J connectivity index is 1.86. The monoisotopic (exact) mass is 220 g/mol. The number of benzene rings is 1. The second-order valence-electron chi connectivity index (χ2n) is 4.08. The number of nitrogens with zero attached hydrogens (tertiary/aromatic N) is 1. The highest BCUT2D eigenvalue weighted by molar-refractivity contribution is 5.92. The Morgan fingerprint density at radius 2 is 2.12 bits per heavy atom. The fraction of sp³-hybridized carbons (Fsp3) is 0.417. The summed E-state index contributed by atoms with van der Waals surface area (Å²) in [4.78, 5) is 13.8. The fourth-order valence-electron chi connectivity index (χ4n) is 1.93. The Hall–Kier alpha value is -1.55. The zero-order chi connectivity index (χ0) is 11.4. The molecule has 4 heteroatoms. The molecule has 0 aromatic heterocycles. The van der Waals surface area contributed by atoms with E-state index in [1.165, 1.54) is 12.8 Å². The summed E-state index contributed by atoms with van der Waals surface area (Å²) >= 11 is 0. The quantitative estimate of drug-likeness (QED) is 0.810. The van der Waals surface area contributed by atoms with Crippen LogP contribution in [0.4, 0.5) is 5.69 Å². The average molecular weight is 220 g/mol. The van der Waals surface area contributed by atoms with Crippen LogP contribution in [0.1, 0.15) is 12.8 Å². The van der Waals surface area contributed by atoms with Crippen molar-refractivity contribution in [3.63, 3.8) is 0 Å². The molecule has 1 aliphatic heterocycles. The minimum absolute atomic E-state index is 0.0208. The second kappa shape index (κ2) is 4.99. The lowest BCUT2D eigenvalue weighted by Crippen LogP contribution is -2.30. The summed E-state index contributed by atoms with van der Waals surface area (Å²) in [6, 6.07) is 6.60. The van der Waals surface area contributed by atoms with E-state index in [-0.39, 0.29) is 11.7 Å². The van der Waals surface area contributed by atoms with Crippen LogP contribution in [0.5, 0.6) is 5.75 Å². The summed E-state index contributed by atoms with van der Waals surface area (Å²) in [7, 11) is 0. The molecule has 0 radical (unpaired) electrons. The molecule has 2 N–H and O–H groups in total. The van der Waals surface area contributed by atoms with Gasteiger partial charge in [0.2, 0.25) is 5.91 Å².